The van der Waals surface area contributed by atoms with Crippen LogP contribution in [0.1, 0.15) is 33.3 Å². The molecule has 0 heterocycles. The van der Waals surface area contributed by atoms with Crippen molar-refractivity contribution >= 4 is 9.84 Å². The van der Waals surface area contributed by atoms with Gasteiger partial charge in [0.2, 0.25) is 9.84 Å². The summed E-state index contributed by atoms with van der Waals surface area (Å²) in [6, 6.07) is 7.06. The van der Waals surface area contributed by atoms with E-state index in [2.05, 4.69) is 27.4 Å². The molecule has 1 rings (SSSR count). The summed E-state index contributed by atoms with van der Waals surface area (Å²) in [6.45, 7) is 11.6. The van der Waals surface area contributed by atoms with Crippen LogP contribution in [0.2, 0.25) is 0 Å². The first-order valence-corrected chi connectivity index (χ1v) is 8.03. The predicted octanol–water partition coefficient (Wildman–Crippen LogP) is 4.40. The standard InChI is InChI=1S/C17H22O2S/c1-6-8-15(9-7-2)20(18,19)16-12-10-14(11-13-16)17(3,4)5/h6-13H,1H2,2-5H3/b9-7-,15-8+. The number of hydrogen-bond donors (Lipinski definition) is 0. The molecular weight excluding hydrogens is 268 g/mol. The average molecular weight is 290 g/mol. The third-order valence-electron chi connectivity index (χ3n) is 2.95. The van der Waals surface area contributed by atoms with Gasteiger partial charge in [-0.05, 0) is 42.2 Å². The van der Waals surface area contributed by atoms with Crippen LogP contribution in [0.15, 0.2) is 64.9 Å². The Hall–Kier alpha value is -1.61. The van der Waals surface area contributed by atoms with Gasteiger partial charge < -0.3 is 0 Å². The number of benzene rings is 1. The molecule has 1 aromatic rings. The van der Waals surface area contributed by atoms with Crippen LogP contribution >= 0.6 is 0 Å². The van der Waals surface area contributed by atoms with Gasteiger partial charge in [0, 0.05) is 0 Å². The minimum Gasteiger partial charge on any atom is -0.219 e. The second-order valence-electron chi connectivity index (χ2n) is 5.58. The summed E-state index contributed by atoms with van der Waals surface area (Å²) in [6.07, 6.45) is 6.27. The lowest BCUT2D eigenvalue weighted by Crippen LogP contribution is -2.11. The molecule has 0 N–H and O–H groups in total. The predicted molar refractivity (Wildman–Crippen MR) is 85.4 cm³/mol. The summed E-state index contributed by atoms with van der Waals surface area (Å²) in [5.41, 5.74) is 1.11. The van der Waals surface area contributed by atoms with E-state index < -0.39 is 9.84 Å². The van der Waals surface area contributed by atoms with Crippen molar-refractivity contribution in [3.8, 4) is 0 Å². The van der Waals surface area contributed by atoms with Crippen molar-refractivity contribution in [3.05, 3.63) is 65.6 Å². The zero-order chi connectivity index (χ0) is 15.4. The summed E-state index contributed by atoms with van der Waals surface area (Å²) in [5, 5.41) is 0. The van der Waals surface area contributed by atoms with Crippen molar-refractivity contribution in [2.45, 2.75) is 38.0 Å². The molecule has 0 aliphatic carbocycles. The molecule has 0 spiro atoms. The Labute approximate surface area is 122 Å². The molecule has 0 saturated carbocycles. The van der Waals surface area contributed by atoms with Gasteiger partial charge in [0.05, 0.1) is 9.80 Å². The maximum absolute atomic E-state index is 12.5. The quantitative estimate of drug-likeness (QED) is 0.770. The molecule has 0 saturated heterocycles. The zero-order valence-corrected chi connectivity index (χ0v) is 13.4. The van der Waals surface area contributed by atoms with Crippen molar-refractivity contribution in [2.75, 3.05) is 0 Å². The van der Waals surface area contributed by atoms with Crippen LogP contribution in [0.5, 0.6) is 0 Å². The number of hydrogen-bond acceptors (Lipinski definition) is 2. The number of rotatable bonds is 4. The lowest BCUT2D eigenvalue weighted by molar-refractivity contribution is 0.587. The van der Waals surface area contributed by atoms with Gasteiger partial charge in [-0.2, -0.15) is 0 Å². The van der Waals surface area contributed by atoms with Crippen LogP contribution < -0.4 is 0 Å². The average Bonchev–Trinajstić information content (AvgIpc) is 2.37. The Balaban J connectivity index is 3.29. The third-order valence-corrected chi connectivity index (χ3v) is 4.74. The van der Waals surface area contributed by atoms with E-state index in [4.69, 9.17) is 0 Å². The fraction of sp³-hybridized carbons (Fsp3) is 0.294. The second-order valence-corrected chi connectivity index (χ2v) is 7.53. The third kappa shape index (κ3) is 3.70. The molecule has 1 aromatic carbocycles. The summed E-state index contributed by atoms with van der Waals surface area (Å²) in [7, 11) is -3.48. The SMILES string of the molecule is C=C/C=C(\C=C/C)S(=O)(=O)c1ccc(C(C)(C)C)cc1. The van der Waals surface area contributed by atoms with E-state index in [1.807, 2.05) is 12.1 Å². The first-order valence-electron chi connectivity index (χ1n) is 6.54. The topological polar surface area (TPSA) is 34.1 Å². The van der Waals surface area contributed by atoms with E-state index in [0.29, 0.717) is 4.90 Å². The van der Waals surface area contributed by atoms with Crippen LogP contribution in [0.3, 0.4) is 0 Å². The largest absolute Gasteiger partial charge is 0.219 e. The van der Waals surface area contributed by atoms with E-state index in [1.54, 1.807) is 31.2 Å². The summed E-state index contributed by atoms with van der Waals surface area (Å²) in [5.74, 6) is 0. The van der Waals surface area contributed by atoms with E-state index in [-0.39, 0.29) is 10.3 Å². The van der Waals surface area contributed by atoms with Gasteiger partial charge in [-0.25, -0.2) is 8.42 Å². The minimum atomic E-state index is -3.48. The molecule has 108 valence electrons. The van der Waals surface area contributed by atoms with Crippen molar-refractivity contribution in [3.63, 3.8) is 0 Å². The van der Waals surface area contributed by atoms with Gasteiger partial charge in [0.15, 0.2) is 0 Å². The molecule has 0 aromatic heterocycles. The number of allylic oxidation sites excluding steroid dienone is 4. The molecule has 0 aliphatic heterocycles. The molecule has 2 nitrogen and oxygen atoms in total. The van der Waals surface area contributed by atoms with E-state index in [9.17, 15) is 8.42 Å². The van der Waals surface area contributed by atoms with Crippen molar-refractivity contribution in [1.29, 1.82) is 0 Å². The molecule has 0 amide bonds. The lowest BCUT2D eigenvalue weighted by Gasteiger charge is -2.19. The van der Waals surface area contributed by atoms with E-state index in [1.165, 1.54) is 12.2 Å². The molecule has 0 bridgehead atoms. The highest BCUT2D eigenvalue weighted by atomic mass is 32.2. The fourth-order valence-electron chi connectivity index (χ4n) is 1.79. The highest BCUT2D eigenvalue weighted by molar-refractivity contribution is 7.95. The Morgan fingerprint density at radius 1 is 1.15 bits per heavy atom. The van der Waals surface area contributed by atoms with E-state index >= 15 is 0 Å². The summed E-state index contributed by atoms with van der Waals surface area (Å²) >= 11 is 0. The normalized spacial score (nSPS) is 13.7. The fourth-order valence-corrected chi connectivity index (χ4v) is 3.14. The van der Waals surface area contributed by atoms with Crippen molar-refractivity contribution in [2.24, 2.45) is 0 Å². The lowest BCUT2D eigenvalue weighted by atomic mass is 9.87. The Bertz CT molecular complexity index is 625. The van der Waals surface area contributed by atoms with Gasteiger partial charge >= 0.3 is 0 Å². The van der Waals surface area contributed by atoms with Crippen LogP contribution in [0, 0.1) is 0 Å². The van der Waals surface area contributed by atoms with Crippen LogP contribution in [-0.4, -0.2) is 8.42 Å². The first kappa shape index (κ1) is 16.4. The smallest absolute Gasteiger partial charge is 0.206 e. The highest BCUT2D eigenvalue weighted by Gasteiger charge is 2.19. The maximum Gasteiger partial charge on any atom is 0.206 e. The Morgan fingerprint density at radius 2 is 1.70 bits per heavy atom. The van der Waals surface area contributed by atoms with Crippen molar-refractivity contribution in [1.82, 2.24) is 0 Å². The van der Waals surface area contributed by atoms with Crippen LogP contribution in [0.25, 0.3) is 0 Å². The zero-order valence-electron chi connectivity index (χ0n) is 12.6. The Morgan fingerprint density at radius 3 is 2.10 bits per heavy atom. The highest BCUT2D eigenvalue weighted by Crippen LogP contribution is 2.26. The van der Waals surface area contributed by atoms with Gasteiger partial charge in [-0.3, -0.25) is 0 Å². The maximum atomic E-state index is 12.5. The summed E-state index contributed by atoms with van der Waals surface area (Å²) < 4.78 is 25.0. The van der Waals surface area contributed by atoms with Gasteiger partial charge in [-0.1, -0.05) is 51.6 Å². The first-order chi connectivity index (χ1) is 9.23. The molecule has 0 radical (unpaired) electrons. The molecule has 0 unspecified atom stereocenters. The van der Waals surface area contributed by atoms with Gasteiger partial charge in [0.1, 0.15) is 0 Å². The molecule has 3 heteroatoms. The number of sulfone groups is 1. The molecule has 0 fully saturated rings. The summed E-state index contributed by atoms with van der Waals surface area (Å²) in [4.78, 5) is 0.551. The van der Waals surface area contributed by atoms with Crippen LogP contribution in [-0.2, 0) is 15.3 Å². The Kier molecular flexibility index (Phi) is 5.12. The van der Waals surface area contributed by atoms with Gasteiger partial charge in [-0.15, -0.1) is 0 Å². The van der Waals surface area contributed by atoms with E-state index in [0.717, 1.165) is 5.56 Å². The van der Waals surface area contributed by atoms with Crippen LogP contribution in [0.4, 0.5) is 0 Å². The second kappa shape index (κ2) is 6.23. The minimum absolute atomic E-state index is 0.00536. The van der Waals surface area contributed by atoms with Gasteiger partial charge in [0.25, 0.3) is 0 Å². The monoisotopic (exact) mass is 290 g/mol. The molecule has 20 heavy (non-hydrogen) atoms. The molecule has 0 aliphatic rings. The molecule has 0 atom stereocenters. The van der Waals surface area contributed by atoms with Crippen molar-refractivity contribution < 1.29 is 8.42 Å². The molecular formula is C17H22O2S.